The first-order valence-electron chi connectivity index (χ1n) is 6.97. The standard InChI is InChI=1S/C16H10F6N2O/c1-24-7-5-3-2-4-6(7)16(22,15(24)25)14(23)8-9(17)11(19)13(21)12(20)10(8)18/h2-5,14H,23H2,1H3/t14-,16-/m0/s1. The summed E-state index contributed by atoms with van der Waals surface area (Å²) in [6.07, 6.45) is 0. The molecule has 132 valence electrons. The van der Waals surface area contributed by atoms with E-state index in [9.17, 15) is 26.7 Å². The minimum Gasteiger partial charge on any atom is -0.320 e. The molecule has 2 aromatic carbocycles. The second-order valence-electron chi connectivity index (χ2n) is 5.55. The number of rotatable bonds is 2. The van der Waals surface area contributed by atoms with E-state index >= 15 is 4.39 Å². The molecular weight excluding hydrogens is 350 g/mol. The lowest BCUT2D eigenvalue weighted by Crippen LogP contribution is -2.44. The predicted molar refractivity (Wildman–Crippen MR) is 75.8 cm³/mol. The lowest BCUT2D eigenvalue weighted by molar-refractivity contribution is -0.130. The number of halogens is 6. The van der Waals surface area contributed by atoms with Crippen LogP contribution in [0.5, 0.6) is 0 Å². The third-order valence-electron chi connectivity index (χ3n) is 4.26. The van der Waals surface area contributed by atoms with Crippen molar-refractivity contribution < 1.29 is 31.1 Å². The fraction of sp³-hybridized carbons (Fsp3) is 0.188. The molecular formula is C16H10F6N2O. The van der Waals surface area contributed by atoms with Crippen molar-refractivity contribution in [3.63, 3.8) is 0 Å². The van der Waals surface area contributed by atoms with Gasteiger partial charge in [-0.3, -0.25) is 4.79 Å². The monoisotopic (exact) mass is 360 g/mol. The molecule has 0 unspecified atom stereocenters. The van der Waals surface area contributed by atoms with Crippen LogP contribution in [-0.2, 0) is 10.5 Å². The average molecular weight is 360 g/mol. The van der Waals surface area contributed by atoms with Gasteiger partial charge in [-0.15, -0.1) is 0 Å². The highest BCUT2D eigenvalue weighted by atomic mass is 19.2. The number of nitrogens with zero attached hydrogens (tertiary/aromatic N) is 1. The van der Waals surface area contributed by atoms with Crippen molar-refractivity contribution in [2.45, 2.75) is 11.7 Å². The quantitative estimate of drug-likeness (QED) is 0.508. The maximum atomic E-state index is 15.6. The van der Waals surface area contributed by atoms with Crippen molar-refractivity contribution in [3.8, 4) is 0 Å². The van der Waals surface area contributed by atoms with Gasteiger partial charge in [0, 0.05) is 12.6 Å². The van der Waals surface area contributed by atoms with Crippen LogP contribution in [0.25, 0.3) is 0 Å². The van der Waals surface area contributed by atoms with E-state index in [1.54, 1.807) is 0 Å². The molecule has 0 aromatic heterocycles. The van der Waals surface area contributed by atoms with Gasteiger partial charge in [0.25, 0.3) is 5.91 Å². The molecule has 3 nitrogen and oxygen atoms in total. The summed E-state index contributed by atoms with van der Waals surface area (Å²) >= 11 is 0. The van der Waals surface area contributed by atoms with Crippen LogP contribution >= 0.6 is 0 Å². The average Bonchev–Trinajstić information content (AvgIpc) is 2.81. The third-order valence-corrected chi connectivity index (χ3v) is 4.26. The summed E-state index contributed by atoms with van der Waals surface area (Å²) in [4.78, 5) is 13.2. The van der Waals surface area contributed by atoms with Crippen molar-refractivity contribution in [3.05, 3.63) is 64.5 Å². The van der Waals surface area contributed by atoms with Crippen LogP contribution in [0.1, 0.15) is 17.2 Å². The summed E-state index contributed by atoms with van der Waals surface area (Å²) in [5.74, 6) is -12.7. The highest BCUT2D eigenvalue weighted by Gasteiger charge is 2.56. The molecule has 1 heterocycles. The Hall–Kier alpha value is -2.55. The Morgan fingerprint density at radius 3 is 2.00 bits per heavy atom. The van der Waals surface area contributed by atoms with Crippen molar-refractivity contribution in [1.82, 2.24) is 0 Å². The lowest BCUT2D eigenvalue weighted by Gasteiger charge is -2.27. The van der Waals surface area contributed by atoms with Crippen LogP contribution in [-0.4, -0.2) is 13.0 Å². The number of nitrogens with two attached hydrogens (primary N) is 1. The Bertz CT molecular complexity index is 873. The number of hydrogen-bond acceptors (Lipinski definition) is 2. The highest BCUT2D eigenvalue weighted by Crippen LogP contribution is 2.49. The van der Waals surface area contributed by atoms with Crippen LogP contribution in [0.15, 0.2) is 24.3 Å². The molecule has 0 bridgehead atoms. The minimum atomic E-state index is -3.19. The van der Waals surface area contributed by atoms with E-state index < -0.39 is 52.3 Å². The molecule has 3 rings (SSSR count). The normalized spacial score (nSPS) is 20.8. The SMILES string of the molecule is CN1C(=O)[C@@](F)([C@@H](N)c2c(F)c(F)c(F)c(F)c2F)c2ccccc21. The van der Waals surface area contributed by atoms with Gasteiger partial charge < -0.3 is 10.6 Å². The number of anilines is 1. The van der Waals surface area contributed by atoms with Gasteiger partial charge in [0.05, 0.1) is 17.3 Å². The molecule has 1 aliphatic rings. The molecule has 0 saturated heterocycles. The summed E-state index contributed by atoms with van der Waals surface area (Å²) in [5.41, 5.74) is 0.514. The van der Waals surface area contributed by atoms with Gasteiger partial charge in [-0.2, -0.15) is 0 Å². The van der Waals surface area contributed by atoms with Crippen molar-refractivity contribution in [2.75, 3.05) is 11.9 Å². The first kappa shape index (κ1) is 17.3. The molecule has 2 aromatic rings. The van der Waals surface area contributed by atoms with Gasteiger partial charge in [-0.25, -0.2) is 26.3 Å². The van der Waals surface area contributed by atoms with E-state index in [2.05, 4.69) is 0 Å². The molecule has 0 spiro atoms. The molecule has 2 N–H and O–H groups in total. The maximum absolute atomic E-state index is 15.6. The topological polar surface area (TPSA) is 46.3 Å². The first-order valence-corrected chi connectivity index (χ1v) is 6.97. The molecule has 9 heteroatoms. The Balaban J connectivity index is 2.27. The number of benzene rings is 2. The smallest absolute Gasteiger partial charge is 0.271 e. The fourth-order valence-electron chi connectivity index (χ4n) is 2.94. The number of para-hydroxylation sites is 1. The zero-order chi connectivity index (χ0) is 18.7. The number of hydrogen-bond donors (Lipinski definition) is 1. The minimum absolute atomic E-state index is 0.0781. The van der Waals surface area contributed by atoms with E-state index in [1.165, 1.54) is 25.2 Å². The number of alkyl halides is 1. The molecule has 1 amide bonds. The fourth-order valence-corrected chi connectivity index (χ4v) is 2.94. The van der Waals surface area contributed by atoms with Crippen molar-refractivity contribution in [2.24, 2.45) is 5.73 Å². The van der Waals surface area contributed by atoms with Crippen LogP contribution in [0.4, 0.5) is 32.0 Å². The number of amides is 1. The zero-order valence-electron chi connectivity index (χ0n) is 12.6. The van der Waals surface area contributed by atoms with Gasteiger partial charge in [-0.1, -0.05) is 18.2 Å². The molecule has 1 aliphatic heterocycles. The van der Waals surface area contributed by atoms with E-state index in [0.29, 0.717) is 0 Å². The Labute approximate surface area is 137 Å². The predicted octanol–water partition coefficient (Wildman–Crippen LogP) is 3.22. The molecule has 25 heavy (non-hydrogen) atoms. The van der Waals surface area contributed by atoms with Crippen molar-refractivity contribution >= 4 is 11.6 Å². The van der Waals surface area contributed by atoms with Gasteiger partial charge in [-0.05, 0) is 6.07 Å². The molecule has 0 aliphatic carbocycles. The van der Waals surface area contributed by atoms with Crippen LogP contribution in [0.3, 0.4) is 0 Å². The Morgan fingerprint density at radius 1 is 0.960 bits per heavy atom. The summed E-state index contributed by atoms with van der Waals surface area (Å²) < 4.78 is 83.5. The van der Waals surface area contributed by atoms with Gasteiger partial charge in [0.2, 0.25) is 11.5 Å². The largest absolute Gasteiger partial charge is 0.320 e. The van der Waals surface area contributed by atoms with Gasteiger partial charge in [0.1, 0.15) is 0 Å². The van der Waals surface area contributed by atoms with E-state index in [-0.39, 0.29) is 11.3 Å². The molecule has 0 radical (unpaired) electrons. The van der Waals surface area contributed by atoms with Crippen LogP contribution in [0.2, 0.25) is 0 Å². The second kappa shape index (κ2) is 5.48. The summed E-state index contributed by atoms with van der Waals surface area (Å²) in [7, 11) is 1.20. The number of fused-ring (bicyclic) bond motifs is 1. The van der Waals surface area contributed by atoms with E-state index in [0.717, 1.165) is 11.0 Å². The van der Waals surface area contributed by atoms with E-state index in [1.807, 2.05) is 0 Å². The Morgan fingerprint density at radius 2 is 1.44 bits per heavy atom. The summed E-state index contributed by atoms with van der Waals surface area (Å²) in [6, 6.07) is 2.90. The summed E-state index contributed by atoms with van der Waals surface area (Å²) in [6.45, 7) is 0. The zero-order valence-corrected chi connectivity index (χ0v) is 12.6. The first-order chi connectivity index (χ1) is 11.6. The van der Waals surface area contributed by atoms with Gasteiger partial charge in [0.15, 0.2) is 23.3 Å². The summed E-state index contributed by atoms with van der Waals surface area (Å²) in [5, 5.41) is 0. The number of carbonyl (C=O) groups excluding carboxylic acids is 1. The maximum Gasteiger partial charge on any atom is 0.271 e. The van der Waals surface area contributed by atoms with Crippen molar-refractivity contribution in [1.29, 1.82) is 0 Å². The van der Waals surface area contributed by atoms with Crippen LogP contribution < -0.4 is 10.6 Å². The molecule has 2 atom stereocenters. The van der Waals surface area contributed by atoms with E-state index in [4.69, 9.17) is 5.73 Å². The third kappa shape index (κ3) is 2.08. The number of carbonyl (C=O) groups is 1. The Kier molecular flexibility index (Phi) is 3.79. The molecule has 0 fully saturated rings. The van der Waals surface area contributed by atoms with Crippen LogP contribution in [0, 0.1) is 29.1 Å². The number of likely N-dealkylation sites (N-methyl/N-ethyl adjacent to an activating group) is 1. The second-order valence-corrected chi connectivity index (χ2v) is 5.55. The lowest BCUT2D eigenvalue weighted by atomic mass is 9.85. The van der Waals surface area contributed by atoms with Gasteiger partial charge >= 0.3 is 0 Å². The highest BCUT2D eigenvalue weighted by molar-refractivity contribution is 6.07. The molecule has 0 saturated carbocycles.